The van der Waals surface area contributed by atoms with Crippen molar-refractivity contribution in [2.24, 2.45) is 5.92 Å². The zero-order valence-electron chi connectivity index (χ0n) is 13.2. The van der Waals surface area contributed by atoms with Gasteiger partial charge in [0.25, 0.3) is 0 Å². The first-order valence-corrected chi connectivity index (χ1v) is 7.76. The second kappa shape index (κ2) is 6.87. The fourth-order valence-electron chi connectivity index (χ4n) is 2.74. The summed E-state index contributed by atoms with van der Waals surface area (Å²) in [6, 6.07) is 3.90. The molecule has 1 aliphatic rings. The minimum atomic E-state index is 0.608. The number of likely N-dealkylation sites (tertiary alicyclic amines) is 1. The van der Waals surface area contributed by atoms with Crippen molar-refractivity contribution in [1.82, 2.24) is 20.0 Å². The molecule has 2 aromatic rings. The van der Waals surface area contributed by atoms with Crippen LogP contribution in [-0.4, -0.2) is 39.7 Å². The maximum absolute atomic E-state index is 5.88. The number of nitrogens with zero attached hydrogens (tertiary/aromatic N) is 4. The maximum atomic E-state index is 5.88. The van der Waals surface area contributed by atoms with E-state index in [1.807, 2.05) is 26.0 Å². The van der Waals surface area contributed by atoms with Crippen LogP contribution in [0.1, 0.15) is 30.3 Å². The molecule has 3 heterocycles. The van der Waals surface area contributed by atoms with Crippen LogP contribution in [0.5, 0.6) is 5.75 Å². The summed E-state index contributed by atoms with van der Waals surface area (Å²) in [4.78, 5) is 10.8. The first kappa shape index (κ1) is 15.0. The van der Waals surface area contributed by atoms with E-state index >= 15 is 0 Å². The van der Waals surface area contributed by atoms with Gasteiger partial charge >= 0.3 is 0 Å². The second-order valence-corrected chi connectivity index (χ2v) is 5.89. The van der Waals surface area contributed by atoms with Gasteiger partial charge in [0, 0.05) is 24.9 Å². The summed E-state index contributed by atoms with van der Waals surface area (Å²) in [5, 5.41) is 3.95. The Morgan fingerprint density at radius 1 is 1.32 bits per heavy atom. The van der Waals surface area contributed by atoms with E-state index in [1.165, 1.54) is 0 Å². The first-order valence-electron chi connectivity index (χ1n) is 7.76. The molecular weight excluding hydrogens is 280 g/mol. The lowest BCUT2D eigenvalue weighted by Crippen LogP contribution is -2.35. The van der Waals surface area contributed by atoms with Crippen LogP contribution in [0.3, 0.4) is 0 Å². The molecule has 1 aliphatic heterocycles. The van der Waals surface area contributed by atoms with Crippen molar-refractivity contribution in [3.05, 3.63) is 35.7 Å². The molecule has 0 unspecified atom stereocenters. The molecular formula is C16H22N4O2. The van der Waals surface area contributed by atoms with E-state index in [1.54, 1.807) is 6.20 Å². The lowest BCUT2D eigenvalue weighted by molar-refractivity contribution is 0.134. The van der Waals surface area contributed by atoms with Gasteiger partial charge in [-0.2, -0.15) is 4.98 Å². The normalized spacial score (nSPS) is 16.8. The Balaban J connectivity index is 1.42. The molecule has 0 spiro atoms. The molecule has 2 aromatic heterocycles. The van der Waals surface area contributed by atoms with Crippen LogP contribution in [-0.2, 0) is 6.54 Å². The minimum absolute atomic E-state index is 0.608. The Morgan fingerprint density at radius 2 is 2.14 bits per heavy atom. The summed E-state index contributed by atoms with van der Waals surface area (Å²) in [5.41, 5.74) is 0.989. The highest BCUT2D eigenvalue weighted by molar-refractivity contribution is 5.21. The van der Waals surface area contributed by atoms with Crippen molar-refractivity contribution in [1.29, 1.82) is 0 Å². The number of aryl methyl sites for hydroxylation is 2. The van der Waals surface area contributed by atoms with Crippen LogP contribution in [0.2, 0.25) is 0 Å². The van der Waals surface area contributed by atoms with Crippen molar-refractivity contribution >= 4 is 0 Å². The third-order valence-electron chi connectivity index (χ3n) is 4.00. The van der Waals surface area contributed by atoms with Crippen LogP contribution in [0.4, 0.5) is 0 Å². The Bertz CT molecular complexity index is 606. The van der Waals surface area contributed by atoms with E-state index in [0.717, 1.165) is 56.4 Å². The molecule has 6 nitrogen and oxygen atoms in total. The first-order chi connectivity index (χ1) is 10.7. The van der Waals surface area contributed by atoms with Gasteiger partial charge in [0.1, 0.15) is 5.75 Å². The molecule has 1 saturated heterocycles. The Kier molecular flexibility index (Phi) is 4.68. The van der Waals surface area contributed by atoms with E-state index in [-0.39, 0.29) is 0 Å². The van der Waals surface area contributed by atoms with E-state index in [2.05, 4.69) is 20.0 Å². The Hall–Kier alpha value is -1.95. The fourth-order valence-corrected chi connectivity index (χ4v) is 2.74. The number of aromatic nitrogens is 3. The topological polar surface area (TPSA) is 64.3 Å². The van der Waals surface area contributed by atoms with Gasteiger partial charge in [0.2, 0.25) is 5.89 Å². The summed E-state index contributed by atoms with van der Waals surface area (Å²) in [6.45, 7) is 7.45. The highest BCUT2D eigenvalue weighted by atomic mass is 16.5. The number of hydrogen-bond donors (Lipinski definition) is 0. The number of piperidine rings is 1. The molecule has 22 heavy (non-hydrogen) atoms. The zero-order valence-corrected chi connectivity index (χ0v) is 13.2. The Morgan fingerprint density at radius 3 is 2.82 bits per heavy atom. The predicted octanol–water partition coefficient (Wildman–Crippen LogP) is 2.37. The summed E-state index contributed by atoms with van der Waals surface area (Å²) in [6.07, 6.45) is 4.07. The third-order valence-corrected chi connectivity index (χ3v) is 4.00. The van der Waals surface area contributed by atoms with Crippen molar-refractivity contribution in [2.45, 2.75) is 33.2 Å². The van der Waals surface area contributed by atoms with Gasteiger partial charge in [-0.3, -0.25) is 9.88 Å². The number of ether oxygens (including phenoxy) is 1. The molecule has 1 fully saturated rings. The van der Waals surface area contributed by atoms with Gasteiger partial charge in [0.15, 0.2) is 5.82 Å². The Labute approximate surface area is 130 Å². The van der Waals surface area contributed by atoms with Gasteiger partial charge in [-0.05, 0) is 44.8 Å². The molecule has 0 aromatic carbocycles. The van der Waals surface area contributed by atoms with E-state index in [9.17, 15) is 0 Å². The van der Waals surface area contributed by atoms with Gasteiger partial charge in [-0.15, -0.1) is 0 Å². The van der Waals surface area contributed by atoms with Crippen molar-refractivity contribution in [3.8, 4) is 5.75 Å². The quantitative estimate of drug-likeness (QED) is 0.845. The highest BCUT2D eigenvalue weighted by Crippen LogP contribution is 2.20. The predicted molar refractivity (Wildman–Crippen MR) is 81.5 cm³/mol. The smallest absolute Gasteiger partial charge is 0.223 e. The van der Waals surface area contributed by atoms with E-state index in [4.69, 9.17) is 9.26 Å². The second-order valence-electron chi connectivity index (χ2n) is 5.89. The summed E-state index contributed by atoms with van der Waals surface area (Å²) < 4.78 is 10.9. The monoisotopic (exact) mass is 302 g/mol. The van der Waals surface area contributed by atoms with Crippen LogP contribution in [0.15, 0.2) is 22.9 Å². The minimum Gasteiger partial charge on any atom is -0.493 e. The third kappa shape index (κ3) is 4.04. The molecule has 0 N–H and O–H groups in total. The molecule has 3 rings (SSSR count). The number of rotatable bonds is 5. The van der Waals surface area contributed by atoms with Crippen LogP contribution in [0.25, 0.3) is 0 Å². The lowest BCUT2D eigenvalue weighted by atomic mass is 9.98. The molecule has 6 heteroatoms. The molecule has 0 amide bonds. The molecule has 118 valence electrons. The highest BCUT2D eigenvalue weighted by Gasteiger charge is 2.21. The standard InChI is InChI=1S/C16H22N4O2/c1-12-9-15(3-6-17-12)21-11-14-4-7-20(8-5-14)10-16-18-13(2)22-19-16/h3,6,9,14H,4-5,7-8,10-11H2,1-2H3. The van der Waals surface area contributed by atoms with Gasteiger partial charge < -0.3 is 9.26 Å². The zero-order chi connectivity index (χ0) is 15.4. The summed E-state index contributed by atoms with van der Waals surface area (Å²) in [7, 11) is 0. The van der Waals surface area contributed by atoms with Crippen LogP contribution < -0.4 is 4.74 Å². The lowest BCUT2D eigenvalue weighted by Gasteiger charge is -2.30. The van der Waals surface area contributed by atoms with E-state index < -0.39 is 0 Å². The van der Waals surface area contributed by atoms with Crippen LogP contribution in [0, 0.1) is 19.8 Å². The fraction of sp³-hybridized carbons (Fsp3) is 0.562. The summed E-state index contributed by atoms with van der Waals surface area (Å²) >= 11 is 0. The molecule has 0 bridgehead atoms. The average Bonchev–Trinajstić information content (AvgIpc) is 2.92. The average molecular weight is 302 g/mol. The number of pyridine rings is 1. The molecule has 0 radical (unpaired) electrons. The van der Waals surface area contributed by atoms with E-state index in [0.29, 0.717) is 11.8 Å². The van der Waals surface area contributed by atoms with Crippen LogP contribution >= 0.6 is 0 Å². The maximum Gasteiger partial charge on any atom is 0.223 e. The molecule has 0 saturated carbocycles. The van der Waals surface area contributed by atoms with Crippen molar-refractivity contribution in [2.75, 3.05) is 19.7 Å². The van der Waals surface area contributed by atoms with Gasteiger partial charge in [-0.1, -0.05) is 5.16 Å². The van der Waals surface area contributed by atoms with Crippen molar-refractivity contribution < 1.29 is 9.26 Å². The largest absolute Gasteiger partial charge is 0.493 e. The SMILES string of the molecule is Cc1cc(OCC2CCN(Cc3noc(C)n3)CC2)ccn1. The number of hydrogen-bond acceptors (Lipinski definition) is 6. The summed E-state index contributed by atoms with van der Waals surface area (Å²) in [5.74, 6) is 2.93. The van der Waals surface area contributed by atoms with Gasteiger partial charge in [-0.25, -0.2) is 0 Å². The molecule has 0 aliphatic carbocycles. The molecule has 0 atom stereocenters. The van der Waals surface area contributed by atoms with Crippen molar-refractivity contribution in [3.63, 3.8) is 0 Å². The van der Waals surface area contributed by atoms with Gasteiger partial charge in [0.05, 0.1) is 13.2 Å².